The molecule has 0 radical (unpaired) electrons. The van der Waals surface area contributed by atoms with Crippen molar-refractivity contribution in [1.82, 2.24) is 10.0 Å². The Labute approximate surface area is 187 Å². The lowest BCUT2D eigenvalue weighted by Crippen LogP contribution is -2.33. The van der Waals surface area contributed by atoms with E-state index in [1.165, 1.54) is 25.3 Å². The van der Waals surface area contributed by atoms with E-state index in [2.05, 4.69) is 10.0 Å². The van der Waals surface area contributed by atoms with Crippen molar-refractivity contribution < 1.29 is 17.9 Å². The zero-order valence-electron chi connectivity index (χ0n) is 16.6. The smallest absolute Gasteiger partial charge is 0.251 e. The van der Waals surface area contributed by atoms with E-state index < -0.39 is 10.0 Å². The molecule has 162 valence electrons. The summed E-state index contributed by atoms with van der Waals surface area (Å²) in [7, 11) is -2.40. The maximum Gasteiger partial charge on any atom is 0.251 e. The van der Waals surface area contributed by atoms with Crippen LogP contribution in [0.25, 0.3) is 0 Å². The average molecular weight is 471 g/mol. The van der Waals surface area contributed by atoms with Crippen LogP contribution in [-0.2, 0) is 16.4 Å². The highest BCUT2D eigenvalue weighted by molar-refractivity contribution is 7.89. The van der Waals surface area contributed by atoms with Crippen molar-refractivity contribution in [3.63, 3.8) is 0 Å². The number of hydrogen-bond acceptors (Lipinski definition) is 4. The molecule has 3 rings (SSSR count). The van der Waals surface area contributed by atoms with Gasteiger partial charge >= 0.3 is 0 Å². The van der Waals surface area contributed by atoms with Gasteiger partial charge in [0.1, 0.15) is 10.6 Å². The lowest BCUT2D eigenvalue weighted by Gasteiger charge is -2.16. The van der Waals surface area contributed by atoms with E-state index in [1.54, 1.807) is 12.1 Å². The van der Waals surface area contributed by atoms with Crippen LogP contribution < -0.4 is 14.8 Å². The van der Waals surface area contributed by atoms with Crippen LogP contribution in [0.4, 0.5) is 0 Å². The zero-order valence-corrected chi connectivity index (χ0v) is 18.9. The third-order valence-corrected chi connectivity index (χ3v) is 7.50. The summed E-state index contributed by atoms with van der Waals surface area (Å²) in [5.41, 5.74) is 1.06. The third-order valence-electron chi connectivity index (χ3n) is 5.10. The van der Waals surface area contributed by atoms with Gasteiger partial charge in [-0.3, -0.25) is 4.79 Å². The molecule has 1 aliphatic rings. The van der Waals surface area contributed by atoms with Crippen LogP contribution in [0.15, 0.2) is 41.3 Å². The molecule has 0 aliphatic heterocycles. The highest BCUT2D eigenvalue weighted by atomic mass is 35.5. The first kappa shape index (κ1) is 22.9. The monoisotopic (exact) mass is 470 g/mol. The van der Waals surface area contributed by atoms with Gasteiger partial charge in [-0.2, -0.15) is 0 Å². The molecule has 0 heterocycles. The number of methoxy groups -OCH3 is 1. The van der Waals surface area contributed by atoms with Crippen molar-refractivity contribution in [2.75, 3.05) is 13.7 Å². The Morgan fingerprint density at radius 2 is 1.90 bits per heavy atom. The van der Waals surface area contributed by atoms with Crippen molar-refractivity contribution in [1.29, 1.82) is 0 Å². The summed E-state index contributed by atoms with van der Waals surface area (Å²) in [6.45, 7) is 0.327. The molecular formula is C21H24Cl2N2O4S. The molecule has 0 spiro atoms. The van der Waals surface area contributed by atoms with E-state index in [1.807, 2.05) is 6.07 Å². The summed E-state index contributed by atoms with van der Waals surface area (Å²) < 4.78 is 33.7. The Balaban J connectivity index is 1.71. The summed E-state index contributed by atoms with van der Waals surface area (Å²) in [5, 5.41) is 3.71. The van der Waals surface area contributed by atoms with Crippen LogP contribution >= 0.6 is 23.2 Å². The summed E-state index contributed by atoms with van der Waals surface area (Å²) in [4.78, 5) is 12.5. The van der Waals surface area contributed by atoms with E-state index in [-0.39, 0.29) is 28.2 Å². The topological polar surface area (TPSA) is 84.5 Å². The Kier molecular flexibility index (Phi) is 7.63. The molecule has 0 bridgehead atoms. The number of benzene rings is 2. The van der Waals surface area contributed by atoms with Gasteiger partial charge in [0.25, 0.3) is 5.91 Å². The first-order valence-corrected chi connectivity index (χ1v) is 12.0. The fourth-order valence-electron chi connectivity index (χ4n) is 3.51. The van der Waals surface area contributed by atoms with Crippen molar-refractivity contribution in [3.8, 4) is 5.75 Å². The minimum atomic E-state index is -3.80. The molecule has 0 aromatic heterocycles. The van der Waals surface area contributed by atoms with Crippen LogP contribution in [0, 0.1) is 0 Å². The maximum atomic E-state index is 12.9. The van der Waals surface area contributed by atoms with Gasteiger partial charge in [0.2, 0.25) is 10.0 Å². The fraction of sp³-hybridized carbons (Fsp3) is 0.381. The highest BCUT2D eigenvalue weighted by Gasteiger charge is 2.26. The molecule has 1 saturated carbocycles. The van der Waals surface area contributed by atoms with Gasteiger partial charge in [-0.15, -0.1) is 0 Å². The second-order valence-electron chi connectivity index (χ2n) is 7.19. The van der Waals surface area contributed by atoms with E-state index in [0.717, 1.165) is 31.2 Å². The summed E-state index contributed by atoms with van der Waals surface area (Å²) in [5.74, 6) is -0.184. The van der Waals surface area contributed by atoms with Crippen molar-refractivity contribution in [2.45, 2.75) is 43.0 Å². The highest BCUT2D eigenvalue weighted by Crippen LogP contribution is 2.28. The summed E-state index contributed by atoms with van der Waals surface area (Å²) in [6, 6.07) is 9.62. The van der Waals surface area contributed by atoms with Gasteiger partial charge < -0.3 is 10.1 Å². The standard InChI is InChI=1S/C21H24Cl2N2O4S/c1-29-18-10-9-15(13-19(18)30(27,28)25-16-6-2-3-7-16)21(26)24-12-11-14-5-4-8-17(22)20(14)23/h4-5,8-10,13,16,25H,2-3,6-7,11-12H2,1H3,(H,24,26). The quantitative estimate of drug-likeness (QED) is 0.605. The molecular weight excluding hydrogens is 447 g/mol. The number of hydrogen-bond donors (Lipinski definition) is 2. The molecule has 0 unspecified atom stereocenters. The van der Waals surface area contributed by atoms with E-state index in [0.29, 0.717) is 23.0 Å². The Morgan fingerprint density at radius 3 is 2.60 bits per heavy atom. The lowest BCUT2D eigenvalue weighted by molar-refractivity contribution is 0.0954. The third kappa shape index (κ3) is 5.46. The van der Waals surface area contributed by atoms with E-state index >= 15 is 0 Å². The van der Waals surface area contributed by atoms with Gasteiger partial charge in [0.05, 0.1) is 17.2 Å². The van der Waals surface area contributed by atoms with Gasteiger partial charge in [-0.05, 0) is 49.1 Å². The van der Waals surface area contributed by atoms with Gasteiger partial charge in [-0.25, -0.2) is 13.1 Å². The molecule has 9 heteroatoms. The van der Waals surface area contributed by atoms with Gasteiger partial charge in [0, 0.05) is 18.2 Å². The molecule has 6 nitrogen and oxygen atoms in total. The van der Waals surface area contributed by atoms with E-state index in [4.69, 9.17) is 27.9 Å². The normalized spacial score (nSPS) is 14.6. The van der Waals surface area contributed by atoms with Gasteiger partial charge in [-0.1, -0.05) is 48.2 Å². The van der Waals surface area contributed by atoms with E-state index in [9.17, 15) is 13.2 Å². The van der Waals surface area contributed by atoms with Crippen LogP contribution in [0.1, 0.15) is 41.6 Å². The molecule has 0 saturated heterocycles. The SMILES string of the molecule is COc1ccc(C(=O)NCCc2cccc(Cl)c2Cl)cc1S(=O)(=O)NC1CCCC1. The molecule has 30 heavy (non-hydrogen) atoms. The van der Waals surface area contributed by atoms with Crippen LogP contribution in [0.3, 0.4) is 0 Å². The molecule has 2 aromatic rings. The molecule has 0 atom stereocenters. The van der Waals surface area contributed by atoms with Crippen LogP contribution in [0.5, 0.6) is 5.75 Å². The Hall–Kier alpha value is -1.80. The molecule has 1 fully saturated rings. The average Bonchev–Trinajstić information content (AvgIpc) is 3.22. The largest absolute Gasteiger partial charge is 0.495 e. The predicted molar refractivity (Wildman–Crippen MR) is 118 cm³/mol. The molecule has 1 amide bonds. The first-order valence-electron chi connectivity index (χ1n) is 9.73. The van der Waals surface area contributed by atoms with Crippen LogP contribution in [0.2, 0.25) is 10.0 Å². The number of rotatable bonds is 8. The minimum Gasteiger partial charge on any atom is -0.495 e. The first-order chi connectivity index (χ1) is 14.3. The van der Waals surface area contributed by atoms with Crippen LogP contribution in [-0.4, -0.2) is 34.0 Å². The number of amides is 1. The lowest BCUT2D eigenvalue weighted by atomic mass is 10.1. The minimum absolute atomic E-state index is 0.0394. The Morgan fingerprint density at radius 1 is 1.17 bits per heavy atom. The second kappa shape index (κ2) is 10.0. The molecule has 1 aliphatic carbocycles. The fourth-order valence-corrected chi connectivity index (χ4v) is 5.42. The number of carbonyl (C=O) groups excluding carboxylic acids is 1. The zero-order chi connectivity index (χ0) is 21.7. The summed E-state index contributed by atoms with van der Waals surface area (Å²) >= 11 is 12.2. The van der Waals surface area contributed by atoms with Crippen molar-refractivity contribution in [2.24, 2.45) is 0 Å². The van der Waals surface area contributed by atoms with Gasteiger partial charge in [0.15, 0.2) is 0 Å². The predicted octanol–water partition coefficient (Wildman–Crippen LogP) is 4.20. The van der Waals surface area contributed by atoms with Crippen molar-refractivity contribution >= 4 is 39.1 Å². The number of halogens is 2. The number of nitrogens with one attached hydrogen (secondary N) is 2. The number of carbonyl (C=O) groups is 1. The molecule has 2 N–H and O–H groups in total. The Bertz CT molecular complexity index is 1020. The maximum absolute atomic E-state index is 12.9. The number of sulfonamides is 1. The molecule has 2 aromatic carbocycles. The summed E-state index contributed by atoms with van der Waals surface area (Å²) in [6.07, 6.45) is 4.13. The number of ether oxygens (including phenoxy) is 1. The van der Waals surface area contributed by atoms with Crippen molar-refractivity contribution in [3.05, 3.63) is 57.6 Å². The second-order valence-corrected chi connectivity index (χ2v) is 9.65.